The van der Waals surface area contributed by atoms with Crippen molar-refractivity contribution in [3.05, 3.63) is 72.9 Å². The van der Waals surface area contributed by atoms with Gasteiger partial charge in [0.15, 0.2) is 12.2 Å². The van der Waals surface area contributed by atoms with Crippen LogP contribution in [0.1, 0.15) is 362 Å². The fourth-order valence-corrected chi connectivity index (χ4v) is 12.5. The Kier molecular flexibility index (Phi) is 71.2. The van der Waals surface area contributed by atoms with E-state index in [9.17, 15) is 43.2 Å². The molecule has 3 unspecified atom stereocenters. The second-order valence-electron chi connectivity index (χ2n) is 27.0. The molecule has 0 aliphatic carbocycles. The molecule has 0 saturated heterocycles. The number of hydrogen-bond acceptors (Lipinski definition) is 15. The van der Waals surface area contributed by atoms with E-state index in [2.05, 4.69) is 101 Å². The summed E-state index contributed by atoms with van der Waals surface area (Å²) >= 11 is 0. The summed E-state index contributed by atoms with van der Waals surface area (Å²) in [5.74, 6) is -2.20. The topological polar surface area (TPSA) is 237 Å². The molecular formula is C81H146O17P2. The van der Waals surface area contributed by atoms with Gasteiger partial charge >= 0.3 is 39.5 Å². The number of aliphatic hydroxyl groups excluding tert-OH is 1. The van der Waals surface area contributed by atoms with E-state index in [-0.39, 0.29) is 25.7 Å². The summed E-state index contributed by atoms with van der Waals surface area (Å²) < 4.78 is 68.6. The van der Waals surface area contributed by atoms with Crippen LogP contribution in [0.5, 0.6) is 0 Å². The zero-order valence-corrected chi connectivity index (χ0v) is 65.4. The van der Waals surface area contributed by atoms with Gasteiger partial charge < -0.3 is 33.8 Å². The van der Waals surface area contributed by atoms with Gasteiger partial charge in [0.05, 0.1) is 26.4 Å². The summed E-state index contributed by atoms with van der Waals surface area (Å²) in [6.45, 7) is 4.82. The van der Waals surface area contributed by atoms with Crippen molar-refractivity contribution in [1.29, 1.82) is 0 Å². The molecule has 0 saturated carbocycles. The van der Waals surface area contributed by atoms with E-state index in [1.54, 1.807) is 0 Å². The monoisotopic (exact) mass is 1450 g/mol. The molecule has 0 spiro atoms. The average Bonchev–Trinajstić information content (AvgIpc) is 1.25. The van der Waals surface area contributed by atoms with Crippen molar-refractivity contribution in [2.75, 3.05) is 39.6 Å². The minimum absolute atomic E-state index is 0.0797. The molecule has 19 heteroatoms. The first-order chi connectivity index (χ1) is 48.7. The second-order valence-corrected chi connectivity index (χ2v) is 29.9. The van der Waals surface area contributed by atoms with Crippen molar-refractivity contribution >= 4 is 39.5 Å². The number of hydrogen-bond donors (Lipinski definition) is 3. The molecule has 0 aromatic carbocycles. The molecule has 17 nitrogen and oxygen atoms in total. The van der Waals surface area contributed by atoms with E-state index in [1.165, 1.54) is 116 Å². The SMILES string of the molecule is CCCCC/C=C\C/C=C/CCCCCCCC(=O)O[C@H](COC(=O)CCCCCCC/C=C\CCCCCCCC)COP(=O)(O)OCC(O)COP(=O)(O)OC[C@@H](COC(=O)CCCCCCC/C=C/CCCCCCCC)OC(=O)CCCCCCC/C=C/C/C=C/CCCCC. The zero-order chi connectivity index (χ0) is 73.2. The summed E-state index contributed by atoms with van der Waals surface area (Å²) in [6.07, 6.45) is 74.4. The Labute approximate surface area is 609 Å². The van der Waals surface area contributed by atoms with E-state index in [1.807, 2.05) is 0 Å². The van der Waals surface area contributed by atoms with Gasteiger partial charge in [-0.15, -0.1) is 0 Å². The molecule has 0 radical (unpaired) electrons. The third kappa shape index (κ3) is 72.8. The van der Waals surface area contributed by atoms with Crippen molar-refractivity contribution < 1.29 is 80.2 Å². The lowest BCUT2D eigenvalue weighted by Gasteiger charge is -2.21. The van der Waals surface area contributed by atoms with Crippen LogP contribution in [-0.4, -0.2) is 96.7 Å². The molecule has 0 fully saturated rings. The van der Waals surface area contributed by atoms with Gasteiger partial charge in [-0.05, 0) is 141 Å². The van der Waals surface area contributed by atoms with Crippen LogP contribution < -0.4 is 0 Å². The van der Waals surface area contributed by atoms with Crippen LogP contribution in [0.25, 0.3) is 0 Å². The van der Waals surface area contributed by atoms with Crippen LogP contribution >= 0.6 is 15.6 Å². The number of aliphatic hydroxyl groups is 1. The molecule has 0 amide bonds. The molecule has 582 valence electrons. The number of carbonyl (C=O) groups is 4. The molecule has 0 rings (SSSR count). The van der Waals surface area contributed by atoms with Gasteiger partial charge in [-0.2, -0.15) is 0 Å². The van der Waals surface area contributed by atoms with Gasteiger partial charge in [0.1, 0.15) is 19.3 Å². The van der Waals surface area contributed by atoms with Crippen molar-refractivity contribution in [3.63, 3.8) is 0 Å². The Balaban J connectivity index is 5.37. The van der Waals surface area contributed by atoms with Crippen LogP contribution in [0.2, 0.25) is 0 Å². The first-order valence-corrected chi connectivity index (χ1v) is 43.2. The number of ether oxygens (including phenoxy) is 4. The van der Waals surface area contributed by atoms with Gasteiger partial charge in [-0.3, -0.25) is 37.3 Å². The van der Waals surface area contributed by atoms with E-state index in [0.29, 0.717) is 25.7 Å². The molecule has 0 aromatic heterocycles. The van der Waals surface area contributed by atoms with Gasteiger partial charge in [0.25, 0.3) is 0 Å². The van der Waals surface area contributed by atoms with Gasteiger partial charge in [-0.1, -0.05) is 268 Å². The maximum atomic E-state index is 13.1. The quantitative estimate of drug-likeness (QED) is 0.0169. The number of rotatable bonds is 76. The van der Waals surface area contributed by atoms with Gasteiger partial charge in [0.2, 0.25) is 0 Å². The second kappa shape index (κ2) is 73.8. The Hall–Kier alpha value is -3.50. The number of unbranched alkanes of at least 4 members (excludes halogenated alkanes) is 38. The lowest BCUT2D eigenvalue weighted by molar-refractivity contribution is -0.161. The molecule has 5 atom stereocenters. The summed E-state index contributed by atoms with van der Waals surface area (Å²) in [5.41, 5.74) is 0. The molecule has 0 aliphatic rings. The lowest BCUT2D eigenvalue weighted by atomic mass is 10.1. The standard InChI is InChI=1S/C81H146O17P2/c1-5-9-13-17-21-25-29-33-37-41-45-49-53-57-61-65-78(83)91-71-76(97-80(85)67-63-59-55-51-47-43-39-35-31-27-23-19-15-11-7-3)73-95-99(87,88)93-69-75(82)70-94-100(89,90)96-74-77(98-81(86)68-64-60-56-52-48-44-40-36-32-28-24-20-16-12-8-4)72-92-79(84)66-62-58-54-50-46-42-38-34-30-26-22-18-14-10-6-2/h23-24,27-28,33-40,75-77,82H,5-22,25-26,29-32,41-74H2,1-4H3,(H,87,88)(H,89,90)/b27-23-,28-24+,37-33-,38-34+,39-35+,40-36+/t75?,76-,77-/m1/s1. The predicted octanol–water partition coefficient (Wildman–Crippen LogP) is 23.2. The van der Waals surface area contributed by atoms with Crippen LogP contribution in [0.3, 0.4) is 0 Å². The largest absolute Gasteiger partial charge is 0.472 e. The fourth-order valence-electron chi connectivity index (χ4n) is 10.9. The van der Waals surface area contributed by atoms with Crippen molar-refractivity contribution in [2.24, 2.45) is 0 Å². The molecule has 0 bridgehead atoms. The highest BCUT2D eigenvalue weighted by Crippen LogP contribution is 2.45. The predicted molar refractivity (Wildman–Crippen MR) is 409 cm³/mol. The maximum Gasteiger partial charge on any atom is 0.472 e. The number of phosphoric acid groups is 2. The number of phosphoric ester groups is 2. The minimum Gasteiger partial charge on any atom is -0.462 e. The Morgan fingerprint density at radius 1 is 0.280 bits per heavy atom. The number of esters is 4. The highest BCUT2D eigenvalue weighted by atomic mass is 31.2. The van der Waals surface area contributed by atoms with Crippen molar-refractivity contribution in [3.8, 4) is 0 Å². The van der Waals surface area contributed by atoms with Crippen LogP contribution in [0.4, 0.5) is 0 Å². The normalized spacial score (nSPS) is 14.3. The molecule has 0 aromatic rings. The molecule has 0 aliphatic heterocycles. The third-order valence-corrected chi connectivity index (χ3v) is 19.0. The van der Waals surface area contributed by atoms with E-state index in [4.69, 9.17) is 37.0 Å². The summed E-state index contributed by atoms with van der Waals surface area (Å²) in [5, 5.41) is 10.6. The average molecular weight is 1450 g/mol. The Bertz CT molecular complexity index is 2030. The molecule has 100 heavy (non-hydrogen) atoms. The third-order valence-electron chi connectivity index (χ3n) is 17.1. The Morgan fingerprint density at radius 3 is 0.770 bits per heavy atom. The molecule has 0 heterocycles. The van der Waals surface area contributed by atoms with Crippen molar-refractivity contribution in [2.45, 2.75) is 380 Å². The Morgan fingerprint density at radius 2 is 0.490 bits per heavy atom. The minimum atomic E-state index is -4.98. The summed E-state index contributed by atoms with van der Waals surface area (Å²) in [6, 6.07) is 0. The van der Waals surface area contributed by atoms with Crippen LogP contribution in [0, 0.1) is 0 Å². The first kappa shape index (κ1) is 96.5. The summed E-state index contributed by atoms with van der Waals surface area (Å²) in [4.78, 5) is 73.0. The van der Waals surface area contributed by atoms with Crippen LogP contribution in [-0.2, 0) is 65.4 Å². The fraction of sp³-hybridized carbons (Fsp3) is 0.802. The molecule has 3 N–H and O–H groups in total. The zero-order valence-electron chi connectivity index (χ0n) is 63.6. The van der Waals surface area contributed by atoms with Gasteiger partial charge in [-0.25, -0.2) is 9.13 Å². The van der Waals surface area contributed by atoms with Gasteiger partial charge in [0, 0.05) is 25.7 Å². The summed E-state index contributed by atoms with van der Waals surface area (Å²) in [7, 11) is -9.96. The van der Waals surface area contributed by atoms with E-state index >= 15 is 0 Å². The maximum absolute atomic E-state index is 13.1. The highest BCUT2D eigenvalue weighted by Gasteiger charge is 2.30. The highest BCUT2D eigenvalue weighted by molar-refractivity contribution is 7.47. The number of carbonyl (C=O) groups excluding carboxylic acids is 4. The van der Waals surface area contributed by atoms with E-state index in [0.717, 1.165) is 167 Å². The first-order valence-electron chi connectivity index (χ1n) is 40.2. The van der Waals surface area contributed by atoms with Crippen LogP contribution in [0.15, 0.2) is 72.9 Å². The molecular weight excluding hydrogens is 1310 g/mol. The lowest BCUT2D eigenvalue weighted by Crippen LogP contribution is -2.30. The van der Waals surface area contributed by atoms with E-state index < -0.39 is 97.5 Å². The smallest absolute Gasteiger partial charge is 0.462 e. The van der Waals surface area contributed by atoms with Crippen molar-refractivity contribution in [1.82, 2.24) is 0 Å². The number of allylic oxidation sites excluding steroid dienone is 12.